The third-order valence-electron chi connectivity index (χ3n) is 4.23. The zero-order chi connectivity index (χ0) is 19.1. The average molecular weight is 407 g/mol. The quantitative estimate of drug-likeness (QED) is 0.741. The second-order valence-electron chi connectivity index (χ2n) is 6.14. The van der Waals surface area contributed by atoms with Crippen LogP contribution in [-0.4, -0.2) is 52.9 Å². The Morgan fingerprint density at radius 3 is 2.52 bits per heavy atom. The van der Waals surface area contributed by atoms with Crippen LogP contribution >= 0.6 is 23.1 Å². The van der Waals surface area contributed by atoms with Gasteiger partial charge in [0.2, 0.25) is 10.9 Å². The third-order valence-corrected chi connectivity index (χ3v) is 6.27. The Morgan fingerprint density at radius 1 is 1.15 bits per heavy atom. The number of rotatable bonds is 6. The molecule has 0 atom stereocenters. The molecule has 0 spiro atoms. The minimum absolute atomic E-state index is 0.126. The number of benzene rings is 1. The van der Waals surface area contributed by atoms with Crippen molar-refractivity contribution in [1.29, 1.82) is 0 Å². The van der Waals surface area contributed by atoms with Crippen LogP contribution in [0.5, 0.6) is 5.75 Å². The highest BCUT2D eigenvalue weighted by Crippen LogP contribution is 2.24. The van der Waals surface area contributed by atoms with E-state index < -0.39 is 0 Å². The first kappa shape index (κ1) is 19.6. The number of amides is 2. The number of carbonyl (C=O) groups is 2. The lowest BCUT2D eigenvalue weighted by Crippen LogP contribution is -2.33. The second-order valence-corrected chi connectivity index (χ2v) is 8.34. The first-order valence-corrected chi connectivity index (χ1v) is 10.7. The summed E-state index contributed by atoms with van der Waals surface area (Å²) >= 11 is 2.53. The normalized spacial score (nSPS) is 14.5. The van der Waals surface area contributed by atoms with E-state index in [0.717, 1.165) is 31.7 Å². The maximum absolute atomic E-state index is 12.3. The molecular formula is C18H22N4O3S2. The van der Waals surface area contributed by atoms with Crippen molar-refractivity contribution in [1.82, 2.24) is 15.1 Å². The number of hydrogen-bond acceptors (Lipinski definition) is 7. The van der Waals surface area contributed by atoms with Crippen molar-refractivity contribution in [3.63, 3.8) is 0 Å². The van der Waals surface area contributed by atoms with E-state index in [1.807, 2.05) is 4.90 Å². The summed E-state index contributed by atoms with van der Waals surface area (Å²) in [5.41, 5.74) is 0.654. The van der Waals surface area contributed by atoms with Crippen molar-refractivity contribution in [2.45, 2.75) is 30.0 Å². The van der Waals surface area contributed by atoms with Gasteiger partial charge in [0.25, 0.3) is 5.91 Å². The summed E-state index contributed by atoms with van der Waals surface area (Å²) in [6, 6.07) is 7.05. The van der Waals surface area contributed by atoms with Crippen LogP contribution in [0.1, 0.15) is 35.5 Å². The lowest BCUT2D eigenvalue weighted by atomic mass is 10.2. The van der Waals surface area contributed by atoms with Gasteiger partial charge in [0.1, 0.15) is 5.75 Å². The Bertz CT molecular complexity index is 771. The smallest absolute Gasteiger partial charge is 0.286 e. The number of anilines is 1. The zero-order valence-corrected chi connectivity index (χ0v) is 16.8. The van der Waals surface area contributed by atoms with Crippen molar-refractivity contribution in [2.75, 3.05) is 31.3 Å². The summed E-state index contributed by atoms with van der Waals surface area (Å²) < 4.78 is 5.72. The van der Waals surface area contributed by atoms with E-state index in [2.05, 4.69) is 15.5 Å². The van der Waals surface area contributed by atoms with Gasteiger partial charge in [-0.3, -0.25) is 9.59 Å². The number of aromatic nitrogens is 2. The fraction of sp³-hybridized carbons (Fsp3) is 0.444. The van der Waals surface area contributed by atoms with Crippen LogP contribution in [0.2, 0.25) is 0 Å². The van der Waals surface area contributed by atoms with Gasteiger partial charge in [-0.15, -0.1) is 10.2 Å². The summed E-state index contributed by atoms with van der Waals surface area (Å²) in [6.45, 7) is 1.68. The molecule has 0 aliphatic carbocycles. The van der Waals surface area contributed by atoms with Crippen LogP contribution in [0.4, 0.5) is 5.69 Å². The van der Waals surface area contributed by atoms with E-state index >= 15 is 0 Å². The van der Waals surface area contributed by atoms with Crippen LogP contribution in [0.15, 0.2) is 28.6 Å². The Balaban J connectivity index is 1.51. The molecule has 1 aromatic carbocycles. The molecular weight excluding hydrogens is 384 g/mol. The summed E-state index contributed by atoms with van der Waals surface area (Å²) in [5.74, 6) is 0.857. The molecule has 2 heterocycles. The van der Waals surface area contributed by atoms with Crippen molar-refractivity contribution >= 4 is 40.6 Å². The van der Waals surface area contributed by atoms with Gasteiger partial charge >= 0.3 is 0 Å². The molecule has 0 saturated carbocycles. The van der Waals surface area contributed by atoms with Gasteiger partial charge in [-0.05, 0) is 37.1 Å². The standard InChI is InChI=1S/C18H22N4O3S2/c1-25-14-8-6-13(7-9-14)19-16(24)17-20-21-18(27-17)26-12-15(23)22-10-4-2-3-5-11-22/h6-9H,2-5,10-12H2,1H3,(H,19,24). The highest BCUT2D eigenvalue weighted by atomic mass is 32.2. The second kappa shape index (κ2) is 9.70. The molecule has 27 heavy (non-hydrogen) atoms. The molecule has 0 bridgehead atoms. The molecule has 9 heteroatoms. The lowest BCUT2D eigenvalue weighted by molar-refractivity contribution is -0.128. The zero-order valence-electron chi connectivity index (χ0n) is 15.1. The van der Waals surface area contributed by atoms with E-state index in [0.29, 0.717) is 15.8 Å². The van der Waals surface area contributed by atoms with E-state index in [1.165, 1.54) is 35.9 Å². The van der Waals surface area contributed by atoms with Gasteiger partial charge in [0.15, 0.2) is 4.34 Å². The monoisotopic (exact) mass is 406 g/mol. The van der Waals surface area contributed by atoms with E-state index in [-0.39, 0.29) is 16.8 Å². The van der Waals surface area contributed by atoms with Crippen LogP contribution in [0.25, 0.3) is 0 Å². The minimum Gasteiger partial charge on any atom is -0.497 e. The molecule has 1 saturated heterocycles. The van der Waals surface area contributed by atoms with E-state index in [1.54, 1.807) is 31.4 Å². The minimum atomic E-state index is -0.316. The van der Waals surface area contributed by atoms with Crippen molar-refractivity contribution < 1.29 is 14.3 Å². The van der Waals surface area contributed by atoms with Gasteiger partial charge in [0.05, 0.1) is 12.9 Å². The molecule has 1 N–H and O–H groups in total. The van der Waals surface area contributed by atoms with Gasteiger partial charge in [-0.2, -0.15) is 0 Å². The Morgan fingerprint density at radius 2 is 1.85 bits per heavy atom. The van der Waals surface area contributed by atoms with E-state index in [4.69, 9.17) is 4.74 Å². The number of nitrogens with zero attached hydrogens (tertiary/aromatic N) is 3. The first-order valence-electron chi connectivity index (χ1n) is 8.85. The molecule has 3 rings (SSSR count). The van der Waals surface area contributed by atoms with Crippen molar-refractivity contribution in [3.8, 4) is 5.75 Å². The predicted molar refractivity (Wildman–Crippen MR) is 107 cm³/mol. The fourth-order valence-corrected chi connectivity index (χ4v) is 4.40. The van der Waals surface area contributed by atoms with Gasteiger partial charge in [-0.25, -0.2) is 0 Å². The van der Waals surface area contributed by atoms with Gasteiger partial charge in [0, 0.05) is 18.8 Å². The average Bonchev–Trinajstić information content (AvgIpc) is 3.00. The topological polar surface area (TPSA) is 84.4 Å². The molecule has 2 aromatic rings. The summed E-state index contributed by atoms with van der Waals surface area (Å²) in [7, 11) is 1.59. The third kappa shape index (κ3) is 5.67. The molecule has 144 valence electrons. The van der Waals surface area contributed by atoms with Crippen LogP contribution in [0.3, 0.4) is 0 Å². The first-order chi connectivity index (χ1) is 13.2. The fourth-order valence-electron chi connectivity index (χ4n) is 2.75. The highest BCUT2D eigenvalue weighted by molar-refractivity contribution is 8.01. The Kier molecular flexibility index (Phi) is 7.05. The number of likely N-dealkylation sites (tertiary alicyclic amines) is 1. The van der Waals surface area contributed by atoms with Gasteiger partial charge < -0.3 is 15.0 Å². The molecule has 1 aromatic heterocycles. The summed E-state index contributed by atoms with van der Waals surface area (Å²) in [5, 5.41) is 11.0. The largest absolute Gasteiger partial charge is 0.497 e. The van der Waals surface area contributed by atoms with Crippen LogP contribution < -0.4 is 10.1 Å². The van der Waals surface area contributed by atoms with E-state index in [9.17, 15) is 9.59 Å². The molecule has 2 amide bonds. The molecule has 1 aliphatic heterocycles. The number of nitrogens with one attached hydrogen (secondary N) is 1. The summed E-state index contributed by atoms with van der Waals surface area (Å²) in [4.78, 5) is 26.5. The summed E-state index contributed by atoms with van der Waals surface area (Å²) in [6.07, 6.45) is 4.54. The Labute approximate surface area is 166 Å². The van der Waals surface area contributed by atoms with Crippen LogP contribution in [0, 0.1) is 0 Å². The highest BCUT2D eigenvalue weighted by Gasteiger charge is 2.18. The van der Waals surface area contributed by atoms with Crippen molar-refractivity contribution in [2.24, 2.45) is 0 Å². The number of carbonyl (C=O) groups excluding carboxylic acids is 2. The molecule has 7 nitrogen and oxygen atoms in total. The Hall–Kier alpha value is -2.13. The molecule has 1 aliphatic rings. The predicted octanol–water partition coefficient (Wildman–Crippen LogP) is 3.29. The molecule has 1 fully saturated rings. The van der Waals surface area contributed by atoms with Crippen molar-refractivity contribution in [3.05, 3.63) is 29.3 Å². The molecule has 0 unspecified atom stereocenters. The lowest BCUT2D eigenvalue weighted by Gasteiger charge is -2.19. The SMILES string of the molecule is COc1ccc(NC(=O)c2nnc(SCC(=O)N3CCCCCC3)s2)cc1. The maximum atomic E-state index is 12.3. The van der Waals surface area contributed by atoms with Crippen LogP contribution in [-0.2, 0) is 4.79 Å². The molecule has 0 radical (unpaired) electrons. The number of methoxy groups -OCH3 is 1. The van der Waals surface area contributed by atoms with Gasteiger partial charge in [-0.1, -0.05) is 35.9 Å². The maximum Gasteiger partial charge on any atom is 0.286 e. The number of ether oxygens (including phenoxy) is 1. The number of thioether (sulfide) groups is 1. The number of hydrogen-bond donors (Lipinski definition) is 1.